The number of hydrogen-bond acceptors (Lipinski definition) is 6. The topological polar surface area (TPSA) is 68.2 Å². The van der Waals surface area contributed by atoms with Crippen LogP contribution in [-0.2, 0) is 6.54 Å². The van der Waals surface area contributed by atoms with Gasteiger partial charge in [-0.15, -0.1) is 0 Å². The molecular formula is C12H16N4O2. The Labute approximate surface area is 105 Å². The van der Waals surface area contributed by atoms with Crippen LogP contribution in [0.1, 0.15) is 35.5 Å². The number of hydrogen-bond donors (Lipinski definition) is 0. The summed E-state index contributed by atoms with van der Waals surface area (Å²) in [6, 6.07) is 1.98. The quantitative estimate of drug-likeness (QED) is 0.823. The highest BCUT2D eigenvalue weighted by Crippen LogP contribution is 2.26. The van der Waals surface area contributed by atoms with E-state index in [1.165, 1.54) is 0 Å². The van der Waals surface area contributed by atoms with E-state index in [-0.39, 0.29) is 0 Å². The standard InChI is InChI=1S/C12H16N4O2/c1-8-5-11(17-14-8)7-16-4-3-10(6-16)12-13-9(2)15-18-12/h5,10H,3-4,6-7H2,1-2H3/t10-/m0/s1. The first-order chi connectivity index (χ1) is 8.70. The van der Waals surface area contributed by atoms with E-state index in [4.69, 9.17) is 9.05 Å². The molecule has 1 atom stereocenters. The molecule has 0 radical (unpaired) electrons. The summed E-state index contributed by atoms with van der Waals surface area (Å²) in [5, 5.41) is 7.74. The third-order valence-corrected chi connectivity index (χ3v) is 3.22. The van der Waals surface area contributed by atoms with Crippen LogP contribution in [0.15, 0.2) is 15.1 Å². The van der Waals surface area contributed by atoms with Gasteiger partial charge < -0.3 is 9.05 Å². The summed E-state index contributed by atoms with van der Waals surface area (Å²) in [6.07, 6.45) is 1.05. The average molecular weight is 248 g/mol. The van der Waals surface area contributed by atoms with Crippen molar-refractivity contribution in [2.24, 2.45) is 0 Å². The van der Waals surface area contributed by atoms with Crippen molar-refractivity contribution >= 4 is 0 Å². The third-order valence-electron chi connectivity index (χ3n) is 3.22. The Kier molecular flexibility index (Phi) is 2.87. The molecule has 6 heteroatoms. The molecule has 18 heavy (non-hydrogen) atoms. The average Bonchev–Trinajstić information content (AvgIpc) is 3.01. The first-order valence-electron chi connectivity index (χ1n) is 6.15. The first-order valence-corrected chi connectivity index (χ1v) is 6.15. The van der Waals surface area contributed by atoms with Crippen molar-refractivity contribution < 1.29 is 9.05 Å². The van der Waals surface area contributed by atoms with Crippen LogP contribution in [-0.4, -0.2) is 33.3 Å². The normalized spacial score (nSPS) is 20.7. The molecule has 1 saturated heterocycles. The predicted molar refractivity (Wildman–Crippen MR) is 62.9 cm³/mol. The van der Waals surface area contributed by atoms with Gasteiger partial charge in [0.15, 0.2) is 11.6 Å². The van der Waals surface area contributed by atoms with E-state index in [0.29, 0.717) is 11.7 Å². The molecule has 2 aromatic rings. The van der Waals surface area contributed by atoms with Gasteiger partial charge in [-0.2, -0.15) is 4.98 Å². The Hall–Kier alpha value is -1.69. The molecule has 0 unspecified atom stereocenters. The smallest absolute Gasteiger partial charge is 0.231 e. The summed E-state index contributed by atoms with van der Waals surface area (Å²) in [5.41, 5.74) is 0.924. The monoisotopic (exact) mass is 248 g/mol. The van der Waals surface area contributed by atoms with Gasteiger partial charge in [0.2, 0.25) is 5.89 Å². The number of rotatable bonds is 3. The Morgan fingerprint density at radius 2 is 2.22 bits per heavy atom. The minimum absolute atomic E-state index is 0.343. The fourth-order valence-electron chi connectivity index (χ4n) is 2.37. The van der Waals surface area contributed by atoms with Crippen molar-refractivity contribution in [2.75, 3.05) is 13.1 Å². The van der Waals surface area contributed by atoms with Crippen molar-refractivity contribution in [3.05, 3.63) is 29.2 Å². The summed E-state index contributed by atoms with van der Waals surface area (Å²) in [5.74, 6) is 2.71. The maximum absolute atomic E-state index is 5.23. The molecule has 6 nitrogen and oxygen atoms in total. The van der Waals surface area contributed by atoms with Crippen molar-refractivity contribution in [1.29, 1.82) is 0 Å². The van der Waals surface area contributed by atoms with E-state index in [2.05, 4.69) is 20.2 Å². The van der Waals surface area contributed by atoms with Gasteiger partial charge in [-0.25, -0.2) is 0 Å². The minimum Gasteiger partial charge on any atom is -0.360 e. The molecule has 0 aliphatic carbocycles. The molecule has 0 amide bonds. The first kappa shape index (κ1) is 11.4. The molecule has 1 fully saturated rings. The number of aromatic nitrogens is 3. The Balaban J connectivity index is 1.61. The van der Waals surface area contributed by atoms with Gasteiger partial charge in [-0.05, 0) is 26.8 Å². The van der Waals surface area contributed by atoms with Crippen LogP contribution < -0.4 is 0 Å². The lowest BCUT2D eigenvalue weighted by atomic mass is 10.1. The fraction of sp³-hybridized carbons (Fsp3) is 0.583. The summed E-state index contributed by atoms with van der Waals surface area (Å²) in [7, 11) is 0. The van der Waals surface area contributed by atoms with Crippen molar-refractivity contribution in [3.8, 4) is 0 Å². The van der Waals surface area contributed by atoms with Gasteiger partial charge in [0, 0.05) is 12.6 Å². The molecule has 3 heterocycles. The molecule has 0 saturated carbocycles. The van der Waals surface area contributed by atoms with Crippen LogP contribution in [0.5, 0.6) is 0 Å². The maximum atomic E-state index is 5.23. The fourth-order valence-corrected chi connectivity index (χ4v) is 2.37. The van der Waals surface area contributed by atoms with E-state index < -0.39 is 0 Å². The minimum atomic E-state index is 0.343. The molecule has 0 bridgehead atoms. The third kappa shape index (κ3) is 2.28. The van der Waals surface area contributed by atoms with Gasteiger partial charge in [0.05, 0.1) is 18.2 Å². The van der Waals surface area contributed by atoms with Crippen molar-refractivity contribution in [2.45, 2.75) is 32.7 Å². The second-order valence-corrected chi connectivity index (χ2v) is 4.84. The highest BCUT2D eigenvalue weighted by molar-refractivity contribution is 5.04. The van der Waals surface area contributed by atoms with Gasteiger partial charge in [-0.3, -0.25) is 4.90 Å². The molecule has 2 aromatic heterocycles. The highest BCUT2D eigenvalue weighted by atomic mass is 16.5. The summed E-state index contributed by atoms with van der Waals surface area (Å²) in [6.45, 7) is 6.52. The lowest BCUT2D eigenvalue weighted by Gasteiger charge is -2.12. The highest BCUT2D eigenvalue weighted by Gasteiger charge is 2.28. The molecule has 0 aromatic carbocycles. The Morgan fingerprint density at radius 3 is 2.89 bits per heavy atom. The summed E-state index contributed by atoms with van der Waals surface area (Å²) in [4.78, 5) is 6.62. The van der Waals surface area contributed by atoms with E-state index >= 15 is 0 Å². The molecular weight excluding hydrogens is 232 g/mol. The second-order valence-electron chi connectivity index (χ2n) is 4.84. The van der Waals surface area contributed by atoms with Crippen LogP contribution in [0.3, 0.4) is 0 Å². The molecule has 0 spiro atoms. The van der Waals surface area contributed by atoms with E-state index in [0.717, 1.165) is 43.4 Å². The largest absolute Gasteiger partial charge is 0.360 e. The zero-order valence-corrected chi connectivity index (χ0v) is 10.6. The van der Waals surface area contributed by atoms with Gasteiger partial charge in [0.1, 0.15) is 0 Å². The predicted octanol–water partition coefficient (Wildman–Crippen LogP) is 1.66. The van der Waals surface area contributed by atoms with Crippen LogP contribution in [0.25, 0.3) is 0 Å². The molecule has 3 rings (SSSR count). The molecule has 1 aliphatic rings. The second kappa shape index (κ2) is 4.53. The molecule has 1 aliphatic heterocycles. The number of aryl methyl sites for hydroxylation is 2. The molecule has 96 valence electrons. The number of nitrogens with zero attached hydrogens (tertiary/aromatic N) is 4. The Morgan fingerprint density at radius 1 is 1.33 bits per heavy atom. The zero-order valence-electron chi connectivity index (χ0n) is 10.6. The van der Waals surface area contributed by atoms with Gasteiger partial charge >= 0.3 is 0 Å². The van der Waals surface area contributed by atoms with Crippen LogP contribution in [0.2, 0.25) is 0 Å². The zero-order chi connectivity index (χ0) is 12.5. The summed E-state index contributed by atoms with van der Waals surface area (Å²) < 4.78 is 10.5. The van der Waals surface area contributed by atoms with Crippen LogP contribution in [0, 0.1) is 13.8 Å². The molecule has 0 N–H and O–H groups in total. The van der Waals surface area contributed by atoms with Crippen molar-refractivity contribution in [3.63, 3.8) is 0 Å². The SMILES string of the molecule is Cc1cc(CN2CC[C@H](c3nc(C)no3)C2)on1. The van der Waals surface area contributed by atoms with Gasteiger partial charge in [-0.1, -0.05) is 10.3 Å². The maximum Gasteiger partial charge on any atom is 0.231 e. The van der Waals surface area contributed by atoms with E-state index in [1.54, 1.807) is 0 Å². The van der Waals surface area contributed by atoms with Crippen LogP contribution in [0.4, 0.5) is 0 Å². The van der Waals surface area contributed by atoms with Crippen molar-refractivity contribution in [1.82, 2.24) is 20.2 Å². The van der Waals surface area contributed by atoms with Crippen LogP contribution >= 0.6 is 0 Å². The number of likely N-dealkylation sites (tertiary alicyclic amines) is 1. The van der Waals surface area contributed by atoms with E-state index in [9.17, 15) is 0 Å². The van der Waals surface area contributed by atoms with E-state index in [1.807, 2.05) is 19.9 Å². The summed E-state index contributed by atoms with van der Waals surface area (Å²) >= 11 is 0. The van der Waals surface area contributed by atoms with Gasteiger partial charge in [0.25, 0.3) is 0 Å². The lowest BCUT2D eigenvalue weighted by Crippen LogP contribution is -2.19. The lowest BCUT2D eigenvalue weighted by molar-refractivity contribution is 0.265. The Bertz CT molecular complexity index is 534.